The highest BCUT2D eigenvalue weighted by molar-refractivity contribution is 5.89. The first kappa shape index (κ1) is 35.0. The fourth-order valence-electron chi connectivity index (χ4n) is 10.9. The molecule has 0 aromatic heterocycles. The summed E-state index contributed by atoms with van der Waals surface area (Å²) in [4.78, 5) is 13.2. The lowest BCUT2D eigenvalue weighted by Gasteiger charge is -2.58. The summed E-state index contributed by atoms with van der Waals surface area (Å²) in [6.07, 6.45) is 17.7. The van der Waals surface area contributed by atoms with Gasteiger partial charge in [-0.15, -0.1) is 0 Å². The van der Waals surface area contributed by atoms with Crippen LogP contribution in [0.4, 0.5) is 0 Å². The van der Waals surface area contributed by atoms with Crippen molar-refractivity contribution in [2.75, 3.05) is 33.0 Å². The monoisotopic (exact) mass is 648 g/mol. The molecule has 0 N–H and O–H groups in total. The Morgan fingerprint density at radius 3 is 2.45 bits per heavy atom. The maximum absolute atomic E-state index is 13.2. The van der Waals surface area contributed by atoms with Gasteiger partial charge in [-0.25, -0.2) is 4.79 Å². The molecule has 1 saturated heterocycles. The standard InChI is InChI=1S/C42H64O5/c1-7-42(27-45-28-42)26-44-23-24-46-33-14-11-31(12-15-33)39(43)47-34-19-21-40(5)32(25-34)13-16-35-37-18-17-36(30(4)10-8-9-29(2)3)41(37,6)22-20-38(35)40/h11-15,29-30,34-38H,7-10,16-28H2,1-6H3. The quantitative estimate of drug-likeness (QED) is 0.114. The van der Waals surface area contributed by atoms with Crippen LogP contribution in [0.5, 0.6) is 5.75 Å². The Kier molecular flexibility index (Phi) is 10.8. The van der Waals surface area contributed by atoms with Gasteiger partial charge >= 0.3 is 5.97 Å². The topological polar surface area (TPSA) is 54.0 Å². The van der Waals surface area contributed by atoms with E-state index in [0.29, 0.717) is 30.8 Å². The van der Waals surface area contributed by atoms with Crippen molar-refractivity contribution in [1.29, 1.82) is 0 Å². The summed E-state index contributed by atoms with van der Waals surface area (Å²) in [7, 11) is 0. The number of carbonyl (C=O) groups excluding carboxylic acids is 1. The number of benzene rings is 1. The Hall–Kier alpha value is -1.85. The fourth-order valence-corrected chi connectivity index (χ4v) is 10.9. The van der Waals surface area contributed by atoms with Crippen molar-refractivity contribution in [2.24, 2.45) is 51.8 Å². The lowest BCUT2D eigenvalue weighted by molar-refractivity contribution is -0.151. The van der Waals surface area contributed by atoms with Crippen LogP contribution in [-0.2, 0) is 14.2 Å². The van der Waals surface area contributed by atoms with Crippen molar-refractivity contribution < 1.29 is 23.7 Å². The van der Waals surface area contributed by atoms with Gasteiger partial charge < -0.3 is 18.9 Å². The second-order valence-electron chi connectivity index (χ2n) is 17.3. The molecule has 3 saturated carbocycles. The number of rotatable bonds is 14. The maximum Gasteiger partial charge on any atom is 0.338 e. The molecule has 1 heterocycles. The SMILES string of the molecule is CCC1(COCCOc2ccc(C(=O)OC3CCC4(C)C(=CCC5C4CCC4(C)C(C(C)CCCC(C)C)CCC54)C3)cc2)COC1. The first-order chi connectivity index (χ1) is 22.6. The highest BCUT2D eigenvalue weighted by atomic mass is 16.5. The Morgan fingerprint density at radius 1 is 0.957 bits per heavy atom. The van der Waals surface area contributed by atoms with Crippen LogP contribution < -0.4 is 4.74 Å². The summed E-state index contributed by atoms with van der Waals surface area (Å²) in [6, 6.07) is 7.38. The lowest BCUT2D eigenvalue weighted by Crippen LogP contribution is -2.51. The number of esters is 1. The van der Waals surface area contributed by atoms with E-state index < -0.39 is 0 Å². The van der Waals surface area contributed by atoms with E-state index in [-0.39, 0.29) is 22.9 Å². The molecule has 5 heteroatoms. The number of hydrogen-bond acceptors (Lipinski definition) is 5. The summed E-state index contributed by atoms with van der Waals surface area (Å²) in [5.41, 5.74) is 3.14. The molecule has 0 radical (unpaired) electrons. The molecular weight excluding hydrogens is 584 g/mol. The minimum absolute atomic E-state index is 0.0321. The Balaban J connectivity index is 0.987. The highest BCUT2D eigenvalue weighted by Gasteiger charge is 2.59. The first-order valence-corrected chi connectivity index (χ1v) is 19.4. The number of fused-ring (bicyclic) bond motifs is 5. The number of hydrogen-bond donors (Lipinski definition) is 0. The molecule has 1 aliphatic heterocycles. The van der Waals surface area contributed by atoms with Gasteiger partial charge in [-0.05, 0) is 122 Å². The second kappa shape index (κ2) is 14.6. The predicted octanol–water partition coefficient (Wildman–Crippen LogP) is 10.1. The second-order valence-corrected chi connectivity index (χ2v) is 17.3. The van der Waals surface area contributed by atoms with Gasteiger partial charge in [0.1, 0.15) is 18.5 Å². The molecule has 4 aliphatic carbocycles. The third-order valence-electron chi connectivity index (χ3n) is 14.1. The van der Waals surface area contributed by atoms with Gasteiger partial charge in [0, 0.05) is 11.8 Å². The molecule has 47 heavy (non-hydrogen) atoms. The lowest BCUT2D eigenvalue weighted by atomic mass is 9.47. The molecule has 0 amide bonds. The Bertz CT molecular complexity index is 1230. The number of carbonyl (C=O) groups is 1. The molecule has 5 nitrogen and oxygen atoms in total. The molecule has 6 rings (SSSR count). The third-order valence-corrected chi connectivity index (χ3v) is 14.1. The van der Waals surface area contributed by atoms with Gasteiger partial charge in [0.15, 0.2) is 0 Å². The van der Waals surface area contributed by atoms with Gasteiger partial charge in [0.05, 0.1) is 32.0 Å². The first-order valence-electron chi connectivity index (χ1n) is 19.4. The molecule has 0 bridgehead atoms. The summed E-state index contributed by atoms with van der Waals surface area (Å²) in [5.74, 6) is 5.58. The molecule has 0 spiro atoms. The maximum atomic E-state index is 13.2. The van der Waals surface area contributed by atoms with Crippen molar-refractivity contribution in [2.45, 2.75) is 125 Å². The van der Waals surface area contributed by atoms with Crippen molar-refractivity contribution in [3.8, 4) is 5.75 Å². The minimum atomic E-state index is -0.219. The van der Waals surface area contributed by atoms with Crippen LogP contribution in [0.3, 0.4) is 0 Å². The molecule has 8 unspecified atom stereocenters. The molecule has 1 aromatic rings. The summed E-state index contributed by atoms with van der Waals surface area (Å²) >= 11 is 0. The average Bonchev–Trinajstić information content (AvgIpc) is 3.39. The van der Waals surface area contributed by atoms with E-state index in [9.17, 15) is 4.79 Å². The fraction of sp³-hybridized carbons (Fsp3) is 0.786. The molecule has 4 fully saturated rings. The van der Waals surface area contributed by atoms with Crippen molar-refractivity contribution in [3.05, 3.63) is 41.5 Å². The smallest absolute Gasteiger partial charge is 0.338 e. The van der Waals surface area contributed by atoms with Crippen LogP contribution in [0.25, 0.3) is 0 Å². The number of allylic oxidation sites excluding steroid dienone is 1. The summed E-state index contributed by atoms with van der Waals surface area (Å²) < 4.78 is 23.2. The van der Waals surface area contributed by atoms with Gasteiger partial charge in [0.2, 0.25) is 0 Å². The van der Waals surface area contributed by atoms with Crippen LogP contribution in [0.15, 0.2) is 35.9 Å². The van der Waals surface area contributed by atoms with Crippen molar-refractivity contribution in [1.82, 2.24) is 0 Å². The molecule has 5 aliphatic rings. The van der Waals surface area contributed by atoms with Crippen molar-refractivity contribution in [3.63, 3.8) is 0 Å². The van der Waals surface area contributed by atoms with Crippen LogP contribution in [0.2, 0.25) is 0 Å². The largest absolute Gasteiger partial charge is 0.491 e. The predicted molar refractivity (Wildman–Crippen MR) is 189 cm³/mol. The summed E-state index contributed by atoms with van der Waals surface area (Å²) in [5, 5.41) is 0. The van der Waals surface area contributed by atoms with Gasteiger partial charge in [0.25, 0.3) is 0 Å². The Morgan fingerprint density at radius 2 is 1.74 bits per heavy atom. The molecule has 262 valence electrons. The zero-order valence-corrected chi connectivity index (χ0v) is 30.5. The highest BCUT2D eigenvalue weighted by Crippen LogP contribution is 2.67. The van der Waals surface area contributed by atoms with E-state index in [1.165, 1.54) is 51.4 Å². The van der Waals surface area contributed by atoms with Gasteiger partial charge in [-0.3, -0.25) is 0 Å². The van der Waals surface area contributed by atoms with Gasteiger partial charge in [-0.2, -0.15) is 0 Å². The van der Waals surface area contributed by atoms with Crippen LogP contribution in [0.1, 0.15) is 129 Å². The van der Waals surface area contributed by atoms with E-state index in [2.05, 4.69) is 47.6 Å². The molecular formula is C42H64O5. The zero-order chi connectivity index (χ0) is 33.2. The van der Waals surface area contributed by atoms with Crippen LogP contribution in [-0.4, -0.2) is 45.1 Å². The Labute approximate surface area is 285 Å². The molecule has 8 atom stereocenters. The minimum Gasteiger partial charge on any atom is -0.491 e. The van der Waals surface area contributed by atoms with Gasteiger partial charge in [-0.1, -0.05) is 72.5 Å². The van der Waals surface area contributed by atoms with E-state index in [1.807, 2.05) is 24.3 Å². The normalized spacial score (nSPS) is 34.8. The van der Waals surface area contributed by atoms with E-state index >= 15 is 0 Å². The van der Waals surface area contributed by atoms with Crippen LogP contribution >= 0.6 is 0 Å². The third kappa shape index (κ3) is 7.23. The number of ether oxygens (including phenoxy) is 4. The van der Waals surface area contributed by atoms with E-state index in [1.54, 1.807) is 5.57 Å². The van der Waals surface area contributed by atoms with Crippen LogP contribution in [0, 0.1) is 51.8 Å². The van der Waals surface area contributed by atoms with E-state index in [4.69, 9.17) is 18.9 Å². The average molecular weight is 649 g/mol. The summed E-state index contributed by atoms with van der Waals surface area (Å²) in [6.45, 7) is 18.1. The van der Waals surface area contributed by atoms with E-state index in [0.717, 1.165) is 80.2 Å². The van der Waals surface area contributed by atoms with Crippen molar-refractivity contribution >= 4 is 5.97 Å². The molecule has 1 aromatic carbocycles. The zero-order valence-electron chi connectivity index (χ0n) is 30.5.